The molecule has 6 nitrogen and oxygen atoms in total. The molecule has 7 heteroatoms. The van der Waals surface area contributed by atoms with Crippen molar-refractivity contribution in [3.8, 4) is 0 Å². The van der Waals surface area contributed by atoms with Crippen LogP contribution in [0.4, 0.5) is 11.4 Å². The van der Waals surface area contributed by atoms with Crippen molar-refractivity contribution in [2.45, 2.75) is 37.0 Å². The van der Waals surface area contributed by atoms with Crippen molar-refractivity contribution < 1.29 is 19.1 Å². The number of nitrogens with zero attached hydrogens (tertiary/aromatic N) is 2. The summed E-state index contributed by atoms with van der Waals surface area (Å²) in [6.07, 6.45) is 3.97. The van der Waals surface area contributed by atoms with E-state index in [1.165, 1.54) is 5.56 Å². The molecule has 1 aliphatic carbocycles. The zero-order chi connectivity index (χ0) is 22.8. The summed E-state index contributed by atoms with van der Waals surface area (Å²) in [6.45, 7) is 0.958. The second kappa shape index (κ2) is 9.59. The number of ether oxygens (including phenoxy) is 1. The van der Waals surface area contributed by atoms with Crippen molar-refractivity contribution in [3.05, 3.63) is 54.1 Å². The van der Waals surface area contributed by atoms with E-state index in [0.717, 1.165) is 41.3 Å². The number of esters is 1. The van der Waals surface area contributed by atoms with Crippen LogP contribution in [0.25, 0.3) is 0 Å². The van der Waals surface area contributed by atoms with Gasteiger partial charge < -0.3 is 14.5 Å². The molecule has 1 saturated carbocycles. The number of carbonyl (C=O) groups excluding carboxylic acids is 3. The first-order chi connectivity index (χ1) is 16.1. The van der Waals surface area contributed by atoms with Crippen molar-refractivity contribution in [2.24, 2.45) is 11.8 Å². The van der Waals surface area contributed by atoms with Crippen molar-refractivity contribution in [2.75, 3.05) is 35.2 Å². The summed E-state index contributed by atoms with van der Waals surface area (Å²) in [5, 5.41) is 0. The van der Waals surface area contributed by atoms with Crippen molar-refractivity contribution >= 4 is 40.9 Å². The third-order valence-electron chi connectivity index (χ3n) is 6.91. The molecule has 0 N–H and O–H groups in total. The van der Waals surface area contributed by atoms with Gasteiger partial charge in [0.15, 0.2) is 6.61 Å². The summed E-state index contributed by atoms with van der Waals surface area (Å²) in [4.78, 5) is 43.9. The number of rotatable bonds is 4. The lowest BCUT2D eigenvalue weighted by molar-refractivity contribution is -0.156. The summed E-state index contributed by atoms with van der Waals surface area (Å²) < 4.78 is 5.52. The number of amides is 2. The van der Waals surface area contributed by atoms with Gasteiger partial charge in [-0.15, -0.1) is 11.8 Å². The third kappa shape index (κ3) is 4.38. The molecule has 3 aliphatic rings. The topological polar surface area (TPSA) is 66.9 Å². The van der Waals surface area contributed by atoms with E-state index in [2.05, 4.69) is 6.07 Å². The predicted octanol–water partition coefficient (Wildman–Crippen LogP) is 4.06. The Morgan fingerprint density at radius 3 is 2.45 bits per heavy atom. The number of benzene rings is 2. The van der Waals surface area contributed by atoms with Gasteiger partial charge in [-0.3, -0.25) is 14.4 Å². The smallest absolute Gasteiger partial charge is 0.310 e. The lowest BCUT2D eigenvalue weighted by Crippen LogP contribution is -2.43. The van der Waals surface area contributed by atoms with E-state index in [4.69, 9.17) is 4.74 Å². The molecule has 2 aromatic rings. The van der Waals surface area contributed by atoms with Crippen LogP contribution in [0.3, 0.4) is 0 Å². The maximum absolute atomic E-state index is 13.4. The Morgan fingerprint density at radius 2 is 1.61 bits per heavy atom. The number of thioether (sulfide) groups is 1. The van der Waals surface area contributed by atoms with E-state index in [0.29, 0.717) is 25.9 Å². The van der Waals surface area contributed by atoms with Crippen LogP contribution in [0.2, 0.25) is 0 Å². The van der Waals surface area contributed by atoms with Gasteiger partial charge in [0, 0.05) is 29.4 Å². The van der Waals surface area contributed by atoms with Crippen LogP contribution in [0.1, 0.15) is 31.2 Å². The first-order valence-corrected chi connectivity index (χ1v) is 12.7. The molecule has 172 valence electrons. The largest absolute Gasteiger partial charge is 0.455 e. The van der Waals surface area contributed by atoms with Crippen LogP contribution in [0.5, 0.6) is 0 Å². The average molecular weight is 465 g/mol. The summed E-state index contributed by atoms with van der Waals surface area (Å²) >= 11 is 1.72. The molecule has 2 aromatic carbocycles. The van der Waals surface area contributed by atoms with E-state index in [9.17, 15) is 14.4 Å². The van der Waals surface area contributed by atoms with Crippen LogP contribution in [-0.4, -0.2) is 43.2 Å². The number of hydrogen-bond acceptors (Lipinski definition) is 5. The van der Waals surface area contributed by atoms with E-state index < -0.39 is 11.9 Å². The van der Waals surface area contributed by atoms with Gasteiger partial charge in [-0.2, -0.15) is 0 Å². The van der Waals surface area contributed by atoms with E-state index >= 15 is 0 Å². The molecule has 0 aromatic heterocycles. The summed E-state index contributed by atoms with van der Waals surface area (Å²) in [6, 6.07) is 15.8. The Labute approximate surface area is 198 Å². The standard InChI is InChI=1S/C26H28N2O4S/c29-24(27-15-16-33-23-12-6-5-11-22(23)27)17-32-26(31)20-9-3-2-8-19(20)25(30)28-14-13-18-7-1-4-10-21(18)28/h1,4-7,10-12,19-20H,2-3,8-9,13-17H2/t19-,20-/m1/s1. The molecular formula is C26H28N2O4S. The summed E-state index contributed by atoms with van der Waals surface area (Å²) in [7, 11) is 0. The van der Waals surface area contributed by atoms with Gasteiger partial charge in [0.1, 0.15) is 0 Å². The first kappa shape index (κ1) is 22.0. The highest BCUT2D eigenvalue weighted by Gasteiger charge is 2.40. The van der Waals surface area contributed by atoms with Crippen LogP contribution in [0, 0.1) is 11.8 Å². The van der Waals surface area contributed by atoms with Crippen LogP contribution in [0.15, 0.2) is 53.4 Å². The number of anilines is 2. The predicted molar refractivity (Wildman–Crippen MR) is 128 cm³/mol. The van der Waals surface area contributed by atoms with Gasteiger partial charge in [-0.05, 0) is 43.0 Å². The molecular weight excluding hydrogens is 436 g/mol. The second-order valence-electron chi connectivity index (χ2n) is 8.84. The second-order valence-corrected chi connectivity index (χ2v) is 9.97. The normalized spacial score (nSPS) is 21.8. The van der Waals surface area contributed by atoms with Crippen molar-refractivity contribution in [3.63, 3.8) is 0 Å². The molecule has 0 saturated heterocycles. The van der Waals surface area contributed by atoms with E-state index in [-0.39, 0.29) is 24.3 Å². The number of hydrogen-bond donors (Lipinski definition) is 0. The molecule has 33 heavy (non-hydrogen) atoms. The molecule has 0 unspecified atom stereocenters. The molecule has 5 rings (SSSR count). The lowest BCUT2D eigenvalue weighted by atomic mass is 9.78. The summed E-state index contributed by atoms with van der Waals surface area (Å²) in [5.41, 5.74) is 3.00. The third-order valence-corrected chi connectivity index (χ3v) is 7.95. The number of fused-ring (bicyclic) bond motifs is 2. The van der Waals surface area contributed by atoms with E-state index in [1.54, 1.807) is 16.7 Å². The minimum absolute atomic E-state index is 0.00918. The molecule has 0 radical (unpaired) electrons. The van der Waals surface area contributed by atoms with Crippen LogP contribution in [-0.2, 0) is 25.5 Å². The Hall–Kier alpha value is -2.80. The first-order valence-electron chi connectivity index (χ1n) is 11.7. The van der Waals surface area contributed by atoms with Gasteiger partial charge in [-0.1, -0.05) is 43.2 Å². The SMILES string of the molecule is O=C(OCC(=O)N1CCSc2ccccc21)[C@@H]1CCCC[C@H]1C(=O)N1CCc2ccccc21. The highest BCUT2D eigenvalue weighted by molar-refractivity contribution is 7.99. The van der Waals surface area contributed by atoms with Gasteiger partial charge in [0.25, 0.3) is 5.91 Å². The molecule has 2 atom stereocenters. The Balaban J connectivity index is 1.24. The fourth-order valence-corrected chi connectivity index (χ4v) is 6.22. The van der Waals surface area contributed by atoms with Gasteiger partial charge in [-0.25, -0.2) is 0 Å². The Kier molecular flexibility index (Phi) is 6.40. The van der Waals surface area contributed by atoms with E-state index in [1.807, 2.05) is 47.4 Å². The number of carbonyl (C=O) groups is 3. The zero-order valence-corrected chi connectivity index (χ0v) is 19.4. The fraction of sp³-hybridized carbons (Fsp3) is 0.423. The van der Waals surface area contributed by atoms with Gasteiger partial charge in [0.2, 0.25) is 5.91 Å². The lowest BCUT2D eigenvalue weighted by Gasteiger charge is -2.32. The van der Waals surface area contributed by atoms with Gasteiger partial charge in [0.05, 0.1) is 17.5 Å². The Bertz CT molecular complexity index is 1070. The van der Waals surface area contributed by atoms with Crippen LogP contribution < -0.4 is 9.80 Å². The Morgan fingerprint density at radius 1 is 0.879 bits per heavy atom. The molecule has 2 amide bonds. The van der Waals surface area contributed by atoms with Gasteiger partial charge >= 0.3 is 5.97 Å². The maximum Gasteiger partial charge on any atom is 0.310 e. The van der Waals surface area contributed by atoms with Crippen LogP contribution >= 0.6 is 11.8 Å². The van der Waals surface area contributed by atoms with Crippen molar-refractivity contribution in [1.82, 2.24) is 0 Å². The molecule has 0 spiro atoms. The molecule has 2 heterocycles. The molecule has 0 bridgehead atoms. The highest BCUT2D eigenvalue weighted by atomic mass is 32.2. The zero-order valence-electron chi connectivity index (χ0n) is 18.6. The monoisotopic (exact) mass is 464 g/mol. The average Bonchev–Trinajstić information content (AvgIpc) is 3.30. The highest BCUT2D eigenvalue weighted by Crippen LogP contribution is 2.37. The van der Waals surface area contributed by atoms with Crippen molar-refractivity contribution in [1.29, 1.82) is 0 Å². The number of para-hydroxylation sites is 2. The minimum Gasteiger partial charge on any atom is -0.455 e. The molecule has 1 fully saturated rings. The quantitative estimate of drug-likeness (QED) is 0.639. The fourth-order valence-electron chi connectivity index (χ4n) is 5.22. The maximum atomic E-state index is 13.4. The summed E-state index contributed by atoms with van der Waals surface area (Å²) in [5.74, 6) is -0.699. The molecule has 2 aliphatic heterocycles. The minimum atomic E-state index is -0.490.